The molecule has 0 aliphatic carbocycles. The SMILES string of the molecule is CCNC(=NCCS(=O)Cc1ccccc1)N1CCC(COCc2ccccc2)C1. The van der Waals surface area contributed by atoms with E-state index in [1.165, 1.54) is 5.56 Å². The molecule has 2 atom stereocenters. The summed E-state index contributed by atoms with van der Waals surface area (Å²) in [6.07, 6.45) is 1.11. The van der Waals surface area contributed by atoms with Crippen LogP contribution >= 0.6 is 0 Å². The van der Waals surface area contributed by atoms with Crippen LogP contribution < -0.4 is 5.32 Å². The topological polar surface area (TPSA) is 53.9 Å². The van der Waals surface area contributed by atoms with Crippen LogP contribution in [-0.2, 0) is 27.9 Å². The summed E-state index contributed by atoms with van der Waals surface area (Å²) in [5.74, 6) is 2.63. The molecule has 0 bridgehead atoms. The van der Waals surface area contributed by atoms with Gasteiger partial charge >= 0.3 is 0 Å². The van der Waals surface area contributed by atoms with Crippen molar-refractivity contribution < 1.29 is 8.95 Å². The van der Waals surface area contributed by atoms with E-state index in [1.807, 2.05) is 48.5 Å². The highest BCUT2D eigenvalue weighted by atomic mass is 32.2. The molecule has 2 unspecified atom stereocenters. The minimum absolute atomic E-state index is 0.518. The van der Waals surface area contributed by atoms with Crippen molar-refractivity contribution in [3.05, 3.63) is 71.8 Å². The number of likely N-dealkylation sites (tertiary alicyclic amines) is 1. The van der Waals surface area contributed by atoms with Gasteiger partial charge in [-0.05, 0) is 24.5 Å². The highest BCUT2D eigenvalue weighted by molar-refractivity contribution is 7.84. The lowest BCUT2D eigenvalue weighted by atomic mass is 10.1. The molecule has 0 radical (unpaired) electrons. The van der Waals surface area contributed by atoms with Gasteiger partial charge in [0.1, 0.15) is 0 Å². The number of nitrogens with zero attached hydrogens (tertiary/aromatic N) is 2. The molecule has 1 fully saturated rings. The van der Waals surface area contributed by atoms with Gasteiger partial charge in [-0.3, -0.25) is 9.20 Å². The number of ether oxygens (including phenoxy) is 1. The second-order valence-electron chi connectivity index (χ2n) is 7.61. The van der Waals surface area contributed by atoms with Crippen LogP contribution in [-0.4, -0.2) is 53.6 Å². The Morgan fingerprint density at radius 2 is 1.83 bits per heavy atom. The van der Waals surface area contributed by atoms with E-state index in [4.69, 9.17) is 9.73 Å². The van der Waals surface area contributed by atoms with Crippen LogP contribution in [0, 0.1) is 5.92 Å². The quantitative estimate of drug-likeness (QED) is 0.466. The predicted molar refractivity (Wildman–Crippen MR) is 125 cm³/mol. The van der Waals surface area contributed by atoms with E-state index in [-0.39, 0.29) is 0 Å². The molecule has 0 amide bonds. The maximum absolute atomic E-state index is 12.4. The van der Waals surface area contributed by atoms with Gasteiger partial charge in [0.05, 0.1) is 19.8 Å². The molecule has 0 aromatic heterocycles. The summed E-state index contributed by atoms with van der Waals surface area (Å²) in [4.78, 5) is 7.04. The third-order valence-electron chi connectivity index (χ3n) is 5.14. The average Bonchev–Trinajstić information content (AvgIpc) is 3.23. The van der Waals surface area contributed by atoms with Gasteiger partial charge in [-0.15, -0.1) is 0 Å². The van der Waals surface area contributed by atoms with Crippen LogP contribution in [0.25, 0.3) is 0 Å². The summed E-state index contributed by atoms with van der Waals surface area (Å²) in [6, 6.07) is 20.3. The third kappa shape index (κ3) is 7.58. The van der Waals surface area contributed by atoms with Gasteiger partial charge in [-0.1, -0.05) is 60.7 Å². The first kappa shape index (κ1) is 22.5. The van der Waals surface area contributed by atoms with Crippen LogP contribution in [0.4, 0.5) is 0 Å². The van der Waals surface area contributed by atoms with E-state index in [2.05, 4.69) is 29.3 Å². The van der Waals surface area contributed by atoms with E-state index >= 15 is 0 Å². The number of benzene rings is 2. The molecule has 1 aliphatic heterocycles. The Labute approximate surface area is 183 Å². The maximum Gasteiger partial charge on any atom is 0.193 e. The van der Waals surface area contributed by atoms with Gasteiger partial charge in [0, 0.05) is 47.9 Å². The van der Waals surface area contributed by atoms with Crippen LogP contribution in [0.3, 0.4) is 0 Å². The van der Waals surface area contributed by atoms with Crippen LogP contribution in [0.1, 0.15) is 24.5 Å². The Morgan fingerprint density at radius 1 is 1.13 bits per heavy atom. The fourth-order valence-corrected chi connectivity index (χ4v) is 4.59. The van der Waals surface area contributed by atoms with Crippen molar-refractivity contribution in [3.8, 4) is 0 Å². The smallest absolute Gasteiger partial charge is 0.193 e. The lowest BCUT2D eigenvalue weighted by Crippen LogP contribution is -2.40. The molecule has 6 heteroatoms. The number of nitrogens with one attached hydrogen (secondary N) is 1. The molecule has 5 nitrogen and oxygen atoms in total. The van der Waals surface area contributed by atoms with Crippen molar-refractivity contribution in [1.29, 1.82) is 0 Å². The standard InChI is InChI=1S/C24H33N3O2S/c1-2-25-24(26-14-16-30(28)20-22-11-7-4-8-12-22)27-15-13-23(17-27)19-29-18-21-9-5-3-6-10-21/h3-12,23H,2,13-20H2,1H3,(H,25,26). The Balaban J connectivity index is 1.41. The van der Waals surface area contributed by atoms with Crippen LogP contribution in [0.15, 0.2) is 65.7 Å². The fourth-order valence-electron chi connectivity index (χ4n) is 3.59. The summed E-state index contributed by atoms with van der Waals surface area (Å²) < 4.78 is 18.3. The highest BCUT2D eigenvalue weighted by Crippen LogP contribution is 2.17. The van der Waals surface area contributed by atoms with Crippen molar-refractivity contribution >= 4 is 16.8 Å². The Hall–Kier alpha value is -2.18. The Bertz CT molecular complexity index is 799. The lowest BCUT2D eigenvalue weighted by Gasteiger charge is -2.21. The lowest BCUT2D eigenvalue weighted by molar-refractivity contribution is 0.0907. The van der Waals surface area contributed by atoms with Crippen molar-refractivity contribution in [2.75, 3.05) is 38.5 Å². The van der Waals surface area contributed by atoms with Crippen LogP contribution in [0.5, 0.6) is 0 Å². The molecule has 2 aromatic carbocycles. The molecule has 162 valence electrons. The molecule has 1 N–H and O–H groups in total. The van der Waals surface area contributed by atoms with Gasteiger partial charge in [-0.2, -0.15) is 0 Å². The van der Waals surface area contributed by atoms with E-state index in [0.717, 1.165) is 44.2 Å². The molecule has 0 spiro atoms. The summed E-state index contributed by atoms with van der Waals surface area (Å²) in [7, 11) is -0.896. The zero-order valence-electron chi connectivity index (χ0n) is 17.8. The molecule has 2 aromatic rings. The van der Waals surface area contributed by atoms with Gasteiger partial charge < -0.3 is 15.0 Å². The summed E-state index contributed by atoms with van der Waals surface area (Å²) >= 11 is 0. The molecular formula is C24H33N3O2S. The molecule has 3 rings (SSSR count). The van der Waals surface area contributed by atoms with Crippen molar-refractivity contribution in [1.82, 2.24) is 10.2 Å². The summed E-state index contributed by atoms with van der Waals surface area (Å²) in [6.45, 7) is 6.86. The first-order valence-corrected chi connectivity index (χ1v) is 12.3. The van der Waals surface area contributed by atoms with E-state index < -0.39 is 10.8 Å². The molecule has 30 heavy (non-hydrogen) atoms. The molecular weight excluding hydrogens is 394 g/mol. The van der Waals surface area contributed by atoms with Crippen molar-refractivity contribution in [2.24, 2.45) is 10.9 Å². The fraction of sp³-hybridized carbons (Fsp3) is 0.458. The predicted octanol–water partition coefficient (Wildman–Crippen LogP) is 3.44. The zero-order chi connectivity index (χ0) is 21.0. The number of hydrogen-bond acceptors (Lipinski definition) is 3. The summed E-state index contributed by atoms with van der Waals surface area (Å²) in [5.41, 5.74) is 2.33. The minimum Gasteiger partial charge on any atom is -0.376 e. The van der Waals surface area contributed by atoms with Gasteiger partial charge in [0.2, 0.25) is 0 Å². The first-order chi connectivity index (χ1) is 14.7. The van der Waals surface area contributed by atoms with E-state index in [1.54, 1.807) is 0 Å². The van der Waals surface area contributed by atoms with Gasteiger partial charge in [0.15, 0.2) is 5.96 Å². The number of hydrogen-bond donors (Lipinski definition) is 1. The van der Waals surface area contributed by atoms with E-state index in [0.29, 0.717) is 30.6 Å². The summed E-state index contributed by atoms with van der Waals surface area (Å²) in [5, 5.41) is 3.39. The van der Waals surface area contributed by atoms with E-state index in [9.17, 15) is 4.21 Å². The third-order valence-corrected chi connectivity index (χ3v) is 6.43. The first-order valence-electron chi connectivity index (χ1n) is 10.8. The largest absolute Gasteiger partial charge is 0.376 e. The Morgan fingerprint density at radius 3 is 2.53 bits per heavy atom. The molecule has 0 saturated carbocycles. The number of guanidine groups is 1. The Kier molecular flexibility index (Phi) is 9.38. The second-order valence-corrected chi connectivity index (χ2v) is 9.19. The van der Waals surface area contributed by atoms with Gasteiger partial charge in [0.25, 0.3) is 0 Å². The molecule has 1 aliphatic rings. The number of rotatable bonds is 10. The second kappa shape index (κ2) is 12.5. The average molecular weight is 428 g/mol. The normalized spacial score (nSPS) is 17.8. The maximum atomic E-state index is 12.4. The zero-order valence-corrected chi connectivity index (χ0v) is 18.7. The van der Waals surface area contributed by atoms with Crippen molar-refractivity contribution in [3.63, 3.8) is 0 Å². The highest BCUT2D eigenvalue weighted by Gasteiger charge is 2.25. The number of aliphatic imine (C=N–C) groups is 1. The minimum atomic E-state index is -0.896. The monoisotopic (exact) mass is 427 g/mol. The van der Waals surface area contributed by atoms with Gasteiger partial charge in [-0.25, -0.2) is 0 Å². The molecule has 1 heterocycles. The molecule has 1 saturated heterocycles. The van der Waals surface area contributed by atoms with Crippen LogP contribution in [0.2, 0.25) is 0 Å². The van der Waals surface area contributed by atoms with Crippen molar-refractivity contribution in [2.45, 2.75) is 25.7 Å².